The molecule has 1 rings (SSSR count). The number of aryl methyl sites for hydroxylation is 1. The summed E-state index contributed by atoms with van der Waals surface area (Å²) >= 11 is 3.42. The second-order valence-electron chi connectivity index (χ2n) is 4.54. The monoisotopic (exact) mass is 283 g/mol. The number of hydrogen-bond acceptors (Lipinski definition) is 1. The molecular formula is C13H18BrNO. The standard InChI is InChI=1S/C13H18BrNO/c1-8(2)10(4)13(16)15-12-6-9(3)5-11(14)7-12/h5-8,10H,1-4H3,(H,15,16). The molecular weight excluding hydrogens is 266 g/mol. The predicted octanol–water partition coefficient (Wildman–Crippen LogP) is 3.99. The smallest absolute Gasteiger partial charge is 0.227 e. The van der Waals surface area contributed by atoms with Gasteiger partial charge in [-0.25, -0.2) is 0 Å². The second-order valence-corrected chi connectivity index (χ2v) is 5.45. The topological polar surface area (TPSA) is 29.1 Å². The quantitative estimate of drug-likeness (QED) is 0.893. The zero-order valence-corrected chi connectivity index (χ0v) is 11.8. The van der Waals surface area contributed by atoms with Gasteiger partial charge in [0, 0.05) is 16.1 Å². The van der Waals surface area contributed by atoms with E-state index in [1.54, 1.807) is 0 Å². The van der Waals surface area contributed by atoms with Crippen LogP contribution in [0.3, 0.4) is 0 Å². The van der Waals surface area contributed by atoms with Crippen LogP contribution >= 0.6 is 15.9 Å². The van der Waals surface area contributed by atoms with Gasteiger partial charge in [0.15, 0.2) is 0 Å². The Morgan fingerprint density at radius 1 is 1.25 bits per heavy atom. The number of anilines is 1. The second kappa shape index (κ2) is 5.48. The minimum absolute atomic E-state index is 0.0271. The molecule has 0 heterocycles. The van der Waals surface area contributed by atoms with E-state index in [9.17, 15) is 4.79 Å². The van der Waals surface area contributed by atoms with Gasteiger partial charge in [-0.2, -0.15) is 0 Å². The minimum Gasteiger partial charge on any atom is -0.326 e. The highest BCUT2D eigenvalue weighted by atomic mass is 79.9. The fraction of sp³-hybridized carbons (Fsp3) is 0.462. The van der Waals surface area contributed by atoms with Crippen LogP contribution in [0.2, 0.25) is 0 Å². The molecule has 16 heavy (non-hydrogen) atoms. The van der Waals surface area contributed by atoms with E-state index in [2.05, 4.69) is 35.1 Å². The van der Waals surface area contributed by atoms with Crippen LogP contribution in [0, 0.1) is 18.8 Å². The van der Waals surface area contributed by atoms with Crippen LogP contribution in [0.4, 0.5) is 5.69 Å². The molecule has 1 atom stereocenters. The molecule has 1 aromatic rings. The van der Waals surface area contributed by atoms with E-state index in [1.807, 2.05) is 32.0 Å². The van der Waals surface area contributed by atoms with Crippen molar-refractivity contribution in [1.82, 2.24) is 0 Å². The molecule has 0 aliphatic rings. The summed E-state index contributed by atoms with van der Waals surface area (Å²) in [5.41, 5.74) is 1.98. The molecule has 88 valence electrons. The van der Waals surface area contributed by atoms with Gasteiger partial charge in [-0.05, 0) is 36.6 Å². The lowest BCUT2D eigenvalue weighted by molar-refractivity contribution is -0.120. The van der Waals surface area contributed by atoms with E-state index in [1.165, 1.54) is 0 Å². The summed E-state index contributed by atoms with van der Waals surface area (Å²) in [6.07, 6.45) is 0. The van der Waals surface area contributed by atoms with E-state index in [0.29, 0.717) is 5.92 Å². The summed E-state index contributed by atoms with van der Waals surface area (Å²) in [4.78, 5) is 11.9. The Morgan fingerprint density at radius 2 is 1.88 bits per heavy atom. The van der Waals surface area contributed by atoms with Crippen LogP contribution in [-0.2, 0) is 4.79 Å². The average Bonchev–Trinajstić information content (AvgIpc) is 2.14. The third-order valence-corrected chi connectivity index (χ3v) is 3.18. The van der Waals surface area contributed by atoms with Crippen molar-refractivity contribution in [2.45, 2.75) is 27.7 Å². The highest BCUT2D eigenvalue weighted by Crippen LogP contribution is 2.20. The van der Waals surface area contributed by atoms with Gasteiger partial charge in [0.2, 0.25) is 5.91 Å². The van der Waals surface area contributed by atoms with Crippen LogP contribution < -0.4 is 5.32 Å². The van der Waals surface area contributed by atoms with Crippen molar-refractivity contribution in [2.75, 3.05) is 5.32 Å². The third-order valence-electron chi connectivity index (χ3n) is 2.72. The first-order valence-electron chi connectivity index (χ1n) is 5.48. The fourth-order valence-corrected chi connectivity index (χ4v) is 1.98. The summed E-state index contributed by atoms with van der Waals surface area (Å²) in [5, 5.41) is 2.94. The summed E-state index contributed by atoms with van der Waals surface area (Å²) in [5.74, 6) is 0.458. The maximum Gasteiger partial charge on any atom is 0.227 e. The van der Waals surface area contributed by atoms with Gasteiger partial charge in [0.1, 0.15) is 0 Å². The van der Waals surface area contributed by atoms with Gasteiger partial charge >= 0.3 is 0 Å². The Bertz CT molecular complexity index is 367. The van der Waals surface area contributed by atoms with Crippen molar-refractivity contribution in [3.8, 4) is 0 Å². The van der Waals surface area contributed by atoms with Crippen molar-refractivity contribution in [2.24, 2.45) is 11.8 Å². The third kappa shape index (κ3) is 3.63. The minimum atomic E-state index is 0.0271. The van der Waals surface area contributed by atoms with Gasteiger partial charge in [0.05, 0.1) is 0 Å². The van der Waals surface area contributed by atoms with E-state index < -0.39 is 0 Å². The number of carbonyl (C=O) groups is 1. The maximum absolute atomic E-state index is 11.9. The van der Waals surface area contributed by atoms with Gasteiger partial charge in [0.25, 0.3) is 0 Å². The Morgan fingerprint density at radius 3 is 2.38 bits per heavy atom. The van der Waals surface area contributed by atoms with Crippen molar-refractivity contribution >= 4 is 27.5 Å². The van der Waals surface area contributed by atoms with Crippen LogP contribution in [0.1, 0.15) is 26.3 Å². The van der Waals surface area contributed by atoms with Crippen molar-refractivity contribution in [3.05, 3.63) is 28.2 Å². The van der Waals surface area contributed by atoms with E-state index >= 15 is 0 Å². The Balaban J connectivity index is 2.77. The number of hydrogen-bond donors (Lipinski definition) is 1. The lowest BCUT2D eigenvalue weighted by atomic mass is 9.97. The lowest BCUT2D eigenvalue weighted by Gasteiger charge is -2.15. The molecule has 0 bridgehead atoms. The van der Waals surface area contributed by atoms with Crippen LogP contribution in [-0.4, -0.2) is 5.91 Å². The summed E-state index contributed by atoms with van der Waals surface area (Å²) in [7, 11) is 0. The number of amides is 1. The zero-order chi connectivity index (χ0) is 12.3. The summed E-state index contributed by atoms with van der Waals surface area (Å²) in [6.45, 7) is 8.06. The average molecular weight is 284 g/mol. The molecule has 1 unspecified atom stereocenters. The molecule has 0 aliphatic heterocycles. The molecule has 1 aromatic carbocycles. The van der Waals surface area contributed by atoms with Gasteiger partial charge in [-0.3, -0.25) is 4.79 Å². The number of halogens is 1. The molecule has 0 aliphatic carbocycles. The molecule has 0 saturated carbocycles. The van der Waals surface area contributed by atoms with Gasteiger partial charge in [-0.15, -0.1) is 0 Å². The molecule has 0 aromatic heterocycles. The van der Waals surface area contributed by atoms with Crippen LogP contribution in [0.25, 0.3) is 0 Å². The molecule has 0 saturated heterocycles. The van der Waals surface area contributed by atoms with Crippen molar-refractivity contribution < 1.29 is 4.79 Å². The Hall–Kier alpha value is -0.830. The summed E-state index contributed by atoms with van der Waals surface area (Å²) in [6, 6.07) is 5.90. The number of benzene rings is 1. The molecule has 0 radical (unpaired) electrons. The highest BCUT2D eigenvalue weighted by molar-refractivity contribution is 9.10. The molecule has 0 fully saturated rings. The first-order valence-corrected chi connectivity index (χ1v) is 6.27. The molecule has 1 amide bonds. The van der Waals surface area contributed by atoms with Crippen molar-refractivity contribution in [3.63, 3.8) is 0 Å². The number of rotatable bonds is 3. The van der Waals surface area contributed by atoms with E-state index in [-0.39, 0.29) is 11.8 Å². The van der Waals surface area contributed by atoms with Crippen LogP contribution in [0.15, 0.2) is 22.7 Å². The van der Waals surface area contributed by atoms with E-state index in [4.69, 9.17) is 0 Å². The highest BCUT2D eigenvalue weighted by Gasteiger charge is 2.16. The Kier molecular flexibility index (Phi) is 4.54. The molecule has 2 nitrogen and oxygen atoms in total. The first kappa shape index (κ1) is 13.2. The largest absolute Gasteiger partial charge is 0.326 e. The molecule has 0 spiro atoms. The van der Waals surface area contributed by atoms with Gasteiger partial charge < -0.3 is 5.32 Å². The Labute approximate surface area is 106 Å². The van der Waals surface area contributed by atoms with Crippen molar-refractivity contribution in [1.29, 1.82) is 0 Å². The first-order chi connectivity index (χ1) is 7.40. The number of nitrogens with one attached hydrogen (secondary N) is 1. The SMILES string of the molecule is Cc1cc(Br)cc(NC(=O)C(C)C(C)C)c1. The fourth-order valence-electron chi connectivity index (χ4n) is 1.37. The van der Waals surface area contributed by atoms with Crippen LogP contribution in [0.5, 0.6) is 0 Å². The summed E-state index contributed by atoms with van der Waals surface area (Å²) < 4.78 is 0.986. The van der Waals surface area contributed by atoms with Gasteiger partial charge in [-0.1, -0.05) is 36.7 Å². The number of carbonyl (C=O) groups excluding carboxylic acids is 1. The lowest BCUT2D eigenvalue weighted by Crippen LogP contribution is -2.24. The molecule has 3 heteroatoms. The normalized spacial score (nSPS) is 12.6. The predicted molar refractivity (Wildman–Crippen MR) is 71.5 cm³/mol. The zero-order valence-electron chi connectivity index (χ0n) is 10.2. The van der Waals surface area contributed by atoms with E-state index in [0.717, 1.165) is 15.7 Å². The molecule has 1 N–H and O–H groups in total. The maximum atomic E-state index is 11.9.